The van der Waals surface area contributed by atoms with Gasteiger partial charge in [0.2, 0.25) is 0 Å². The molecular weight excluding hydrogens is 291 g/mol. The summed E-state index contributed by atoms with van der Waals surface area (Å²) in [6.45, 7) is -0.171. The summed E-state index contributed by atoms with van der Waals surface area (Å²) in [5.74, 6) is 0. The third-order valence-electron chi connectivity index (χ3n) is 3.13. The van der Waals surface area contributed by atoms with E-state index in [4.69, 9.17) is 20.8 Å². The third-order valence-corrected chi connectivity index (χ3v) is 3.60. The van der Waals surface area contributed by atoms with Gasteiger partial charge in [-0.15, -0.1) is 0 Å². The van der Waals surface area contributed by atoms with Crippen molar-refractivity contribution >= 4 is 7.82 Å². The first-order chi connectivity index (χ1) is 9.90. The van der Waals surface area contributed by atoms with Crippen molar-refractivity contribution in [3.8, 4) is 6.07 Å². The van der Waals surface area contributed by atoms with E-state index in [9.17, 15) is 4.57 Å². The summed E-state index contributed by atoms with van der Waals surface area (Å²) in [7, 11) is -4.41. The average Bonchev–Trinajstić information content (AvgIpc) is 2.46. The fraction of sp³-hybridized carbons (Fsp3) is 0.500. The highest BCUT2D eigenvalue weighted by molar-refractivity contribution is 7.46. The van der Waals surface area contributed by atoms with Crippen LogP contribution in [-0.4, -0.2) is 15.8 Å². The lowest BCUT2D eigenvalue weighted by Gasteiger charge is -2.15. The zero-order valence-corrected chi connectivity index (χ0v) is 12.7. The van der Waals surface area contributed by atoms with Crippen molar-refractivity contribution in [2.75, 3.05) is 0 Å². The quantitative estimate of drug-likeness (QED) is 0.738. The van der Waals surface area contributed by atoms with E-state index in [1.165, 1.54) is 32.1 Å². The molecule has 4 N–H and O–H groups in total. The summed E-state index contributed by atoms with van der Waals surface area (Å²) in [4.78, 5) is 16.8. The van der Waals surface area contributed by atoms with Crippen molar-refractivity contribution in [2.45, 2.75) is 44.8 Å². The molecule has 0 aromatic heterocycles. The predicted octanol–water partition coefficient (Wildman–Crippen LogP) is 2.45. The second-order valence-electron chi connectivity index (χ2n) is 4.97. The Balaban J connectivity index is 0.000000262. The SMILES string of the molecule is N#Cc1ccc(COP(=O)(O)O)cc1.NC1CCCCC1. The first kappa shape index (κ1) is 17.8. The lowest BCUT2D eigenvalue weighted by Crippen LogP contribution is -2.22. The molecule has 0 spiro atoms. The van der Waals surface area contributed by atoms with E-state index in [0.717, 1.165) is 0 Å². The fourth-order valence-corrected chi connectivity index (χ4v) is 2.29. The standard InChI is InChI=1S/C8H8NO4P.C6H13N/c9-5-7-1-3-8(4-2-7)6-13-14(10,11)12;7-6-4-2-1-3-5-6/h1-4H,6H2,(H2,10,11,12);6H,1-5,7H2. The van der Waals surface area contributed by atoms with Gasteiger partial charge in [0.25, 0.3) is 0 Å². The van der Waals surface area contributed by atoms with Crippen LogP contribution in [0.15, 0.2) is 24.3 Å². The molecule has 0 saturated heterocycles. The Morgan fingerprint density at radius 3 is 2.19 bits per heavy atom. The molecule has 1 aliphatic rings. The third kappa shape index (κ3) is 8.61. The summed E-state index contributed by atoms with van der Waals surface area (Å²) in [6.07, 6.45) is 6.66. The normalized spacial score (nSPS) is 15.7. The molecule has 1 saturated carbocycles. The number of hydrogen-bond acceptors (Lipinski definition) is 4. The van der Waals surface area contributed by atoms with Gasteiger partial charge in [-0.3, -0.25) is 4.52 Å². The van der Waals surface area contributed by atoms with E-state index in [1.807, 2.05) is 6.07 Å². The Hall–Kier alpha value is -1.22. The number of benzene rings is 1. The van der Waals surface area contributed by atoms with Gasteiger partial charge in [0.15, 0.2) is 0 Å². The second-order valence-corrected chi connectivity index (χ2v) is 6.21. The maximum absolute atomic E-state index is 10.3. The van der Waals surface area contributed by atoms with Crippen molar-refractivity contribution in [2.24, 2.45) is 5.73 Å². The molecule has 0 aliphatic heterocycles. The predicted molar refractivity (Wildman–Crippen MR) is 79.1 cm³/mol. The lowest BCUT2D eigenvalue weighted by atomic mass is 9.97. The van der Waals surface area contributed by atoms with Crippen LogP contribution in [0.4, 0.5) is 0 Å². The van der Waals surface area contributed by atoms with Gasteiger partial charge >= 0.3 is 7.82 Å². The molecule has 116 valence electrons. The minimum absolute atomic E-state index is 0.171. The number of nitrogens with two attached hydrogens (primary N) is 1. The van der Waals surface area contributed by atoms with Gasteiger partial charge < -0.3 is 15.5 Å². The highest BCUT2D eigenvalue weighted by atomic mass is 31.2. The number of nitriles is 1. The molecule has 2 rings (SSSR count). The zero-order chi connectivity index (χ0) is 15.7. The highest BCUT2D eigenvalue weighted by Gasteiger charge is 2.13. The van der Waals surface area contributed by atoms with E-state index >= 15 is 0 Å². The average molecular weight is 312 g/mol. The summed E-state index contributed by atoms with van der Waals surface area (Å²) < 4.78 is 14.6. The molecule has 7 heteroatoms. The van der Waals surface area contributed by atoms with Crippen LogP contribution in [-0.2, 0) is 15.7 Å². The zero-order valence-electron chi connectivity index (χ0n) is 11.8. The Morgan fingerprint density at radius 1 is 1.24 bits per heavy atom. The van der Waals surface area contributed by atoms with Crippen molar-refractivity contribution in [1.82, 2.24) is 0 Å². The minimum atomic E-state index is -4.41. The maximum atomic E-state index is 10.3. The molecule has 21 heavy (non-hydrogen) atoms. The molecule has 0 unspecified atom stereocenters. The summed E-state index contributed by atoms with van der Waals surface area (Å²) in [5.41, 5.74) is 6.73. The van der Waals surface area contributed by atoms with Gasteiger partial charge in [0, 0.05) is 6.04 Å². The summed E-state index contributed by atoms with van der Waals surface area (Å²) in [6, 6.07) is 8.73. The van der Waals surface area contributed by atoms with Gasteiger partial charge in [-0.1, -0.05) is 31.4 Å². The first-order valence-corrected chi connectivity index (χ1v) is 8.38. The second kappa shape index (κ2) is 8.93. The largest absolute Gasteiger partial charge is 0.469 e. The number of rotatable bonds is 3. The topological polar surface area (TPSA) is 117 Å². The molecule has 1 fully saturated rings. The number of phosphoric acid groups is 1. The van der Waals surface area contributed by atoms with E-state index < -0.39 is 7.82 Å². The van der Waals surface area contributed by atoms with Crippen LogP contribution >= 0.6 is 7.82 Å². The van der Waals surface area contributed by atoms with Crippen molar-refractivity contribution in [3.05, 3.63) is 35.4 Å². The summed E-state index contributed by atoms with van der Waals surface area (Å²) >= 11 is 0. The van der Waals surface area contributed by atoms with Gasteiger partial charge in [-0.2, -0.15) is 5.26 Å². The van der Waals surface area contributed by atoms with Crippen LogP contribution in [0.1, 0.15) is 43.2 Å². The molecule has 6 nitrogen and oxygen atoms in total. The lowest BCUT2D eigenvalue weighted by molar-refractivity contribution is 0.189. The van der Waals surface area contributed by atoms with Gasteiger partial charge in [-0.05, 0) is 30.5 Å². The van der Waals surface area contributed by atoms with Gasteiger partial charge in [0.1, 0.15) is 0 Å². The molecule has 0 atom stereocenters. The van der Waals surface area contributed by atoms with E-state index in [0.29, 0.717) is 17.2 Å². The smallest absolute Gasteiger partial charge is 0.328 e. The van der Waals surface area contributed by atoms with Crippen LogP contribution < -0.4 is 5.73 Å². The van der Waals surface area contributed by atoms with Crippen LogP contribution in [0.2, 0.25) is 0 Å². The molecular formula is C14H21N2O4P. The molecule has 0 radical (unpaired) electrons. The Bertz CT molecular complexity index is 501. The minimum Gasteiger partial charge on any atom is -0.328 e. The van der Waals surface area contributed by atoms with Gasteiger partial charge in [0.05, 0.1) is 18.2 Å². The molecule has 0 heterocycles. The Labute approximate surface area is 124 Å². The molecule has 1 aliphatic carbocycles. The maximum Gasteiger partial charge on any atom is 0.469 e. The van der Waals surface area contributed by atoms with Crippen LogP contribution in [0.3, 0.4) is 0 Å². The monoisotopic (exact) mass is 312 g/mol. The molecule has 1 aromatic rings. The van der Waals surface area contributed by atoms with Crippen LogP contribution in [0, 0.1) is 11.3 Å². The fourth-order valence-electron chi connectivity index (χ4n) is 1.97. The van der Waals surface area contributed by atoms with Crippen molar-refractivity contribution in [3.63, 3.8) is 0 Å². The summed E-state index contributed by atoms with van der Waals surface area (Å²) in [5, 5.41) is 8.48. The van der Waals surface area contributed by atoms with Gasteiger partial charge in [-0.25, -0.2) is 4.57 Å². The van der Waals surface area contributed by atoms with E-state index in [-0.39, 0.29) is 6.61 Å². The van der Waals surface area contributed by atoms with Crippen LogP contribution in [0.25, 0.3) is 0 Å². The Kier molecular flexibility index (Phi) is 7.58. The molecule has 0 amide bonds. The van der Waals surface area contributed by atoms with Crippen molar-refractivity contribution < 1.29 is 18.9 Å². The van der Waals surface area contributed by atoms with Crippen LogP contribution in [0.5, 0.6) is 0 Å². The number of phosphoric ester groups is 1. The molecule has 0 bridgehead atoms. The number of nitrogens with zero attached hydrogens (tertiary/aromatic N) is 1. The first-order valence-electron chi connectivity index (χ1n) is 6.85. The van der Waals surface area contributed by atoms with E-state index in [1.54, 1.807) is 24.3 Å². The van der Waals surface area contributed by atoms with E-state index in [2.05, 4.69) is 4.52 Å². The highest BCUT2D eigenvalue weighted by Crippen LogP contribution is 2.36. The van der Waals surface area contributed by atoms with Crippen molar-refractivity contribution in [1.29, 1.82) is 5.26 Å². The Morgan fingerprint density at radius 2 is 1.81 bits per heavy atom. The molecule has 1 aromatic carbocycles. The number of hydrogen-bond donors (Lipinski definition) is 3.